The van der Waals surface area contributed by atoms with Gasteiger partial charge in [-0.1, -0.05) is 13.3 Å². The predicted molar refractivity (Wildman–Crippen MR) is 78.4 cm³/mol. The van der Waals surface area contributed by atoms with Crippen molar-refractivity contribution in [1.29, 1.82) is 0 Å². The van der Waals surface area contributed by atoms with E-state index >= 15 is 0 Å². The van der Waals surface area contributed by atoms with Gasteiger partial charge in [0.05, 0.1) is 6.61 Å². The van der Waals surface area contributed by atoms with Crippen LogP contribution in [0.3, 0.4) is 0 Å². The maximum absolute atomic E-state index is 5.84. The first-order valence-corrected chi connectivity index (χ1v) is 8.43. The predicted octanol–water partition coefficient (Wildman–Crippen LogP) is 2.41. The van der Waals surface area contributed by atoms with E-state index in [9.17, 15) is 0 Å². The van der Waals surface area contributed by atoms with Gasteiger partial charge in [0.25, 0.3) is 0 Å². The summed E-state index contributed by atoms with van der Waals surface area (Å²) in [6, 6.07) is 2.41. The Kier molecular flexibility index (Phi) is 4.78. The highest BCUT2D eigenvalue weighted by Crippen LogP contribution is 2.34. The normalized spacial score (nSPS) is 35.5. The molecule has 2 unspecified atom stereocenters. The van der Waals surface area contributed by atoms with E-state index in [-0.39, 0.29) is 0 Å². The minimum atomic E-state index is 0.768. The van der Waals surface area contributed by atoms with Crippen molar-refractivity contribution < 1.29 is 4.74 Å². The standard InChI is InChI=1S/C16H30N2O/c1-2-17-14-10-15-4-3-5-16(11-14)18(15)8-9-19-12-13-6-7-13/h13-17H,2-12H2,1H3. The quantitative estimate of drug-likeness (QED) is 0.716. The van der Waals surface area contributed by atoms with Crippen molar-refractivity contribution in [3.63, 3.8) is 0 Å². The molecule has 0 radical (unpaired) electrons. The average molecular weight is 266 g/mol. The van der Waals surface area contributed by atoms with E-state index in [1.165, 1.54) is 51.5 Å². The van der Waals surface area contributed by atoms with Crippen molar-refractivity contribution >= 4 is 0 Å². The van der Waals surface area contributed by atoms with Crippen LogP contribution in [0.1, 0.15) is 51.9 Å². The third-order valence-electron chi connectivity index (χ3n) is 5.16. The van der Waals surface area contributed by atoms with E-state index in [0.29, 0.717) is 0 Å². The van der Waals surface area contributed by atoms with Crippen LogP contribution in [0.15, 0.2) is 0 Å². The van der Waals surface area contributed by atoms with Crippen LogP contribution in [0, 0.1) is 5.92 Å². The molecular weight excluding hydrogens is 236 g/mol. The maximum Gasteiger partial charge on any atom is 0.0593 e. The number of hydrogen-bond donors (Lipinski definition) is 1. The van der Waals surface area contributed by atoms with Gasteiger partial charge in [0.2, 0.25) is 0 Å². The molecule has 0 aromatic carbocycles. The summed E-state index contributed by atoms with van der Waals surface area (Å²) in [6.07, 6.45) is 9.76. The Bertz CT molecular complexity index is 266. The lowest BCUT2D eigenvalue weighted by Crippen LogP contribution is -2.56. The zero-order valence-corrected chi connectivity index (χ0v) is 12.4. The first-order chi connectivity index (χ1) is 9.36. The Morgan fingerprint density at radius 1 is 1.11 bits per heavy atom. The molecule has 3 rings (SSSR count). The highest BCUT2D eigenvalue weighted by molar-refractivity contribution is 4.94. The summed E-state index contributed by atoms with van der Waals surface area (Å²) >= 11 is 0. The lowest BCUT2D eigenvalue weighted by Gasteiger charge is -2.49. The minimum absolute atomic E-state index is 0.768. The molecule has 3 nitrogen and oxygen atoms in total. The largest absolute Gasteiger partial charge is 0.380 e. The van der Waals surface area contributed by atoms with Gasteiger partial charge in [0.15, 0.2) is 0 Å². The molecule has 1 N–H and O–H groups in total. The van der Waals surface area contributed by atoms with E-state index < -0.39 is 0 Å². The summed E-state index contributed by atoms with van der Waals surface area (Å²) in [6.45, 7) is 6.49. The highest BCUT2D eigenvalue weighted by atomic mass is 16.5. The van der Waals surface area contributed by atoms with Gasteiger partial charge >= 0.3 is 0 Å². The van der Waals surface area contributed by atoms with Crippen LogP contribution in [-0.4, -0.2) is 49.3 Å². The summed E-state index contributed by atoms with van der Waals surface area (Å²) in [4.78, 5) is 2.77. The molecule has 2 bridgehead atoms. The first-order valence-electron chi connectivity index (χ1n) is 8.43. The average Bonchev–Trinajstić information content (AvgIpc) is 3.19. The topological polar surface area (TPSA) is 24.5 Å². The van der Waals surface area contributed by atoms with Gasteiger partial charge in [-0.15, -0.1) is 0 Å². The monoisotopic (exact) mass is 266 g/mol. The number of fused-ring (bicyclic) bond motifs is 2. The number of piperidine rings is 2. The van der Waals surface area contributed by atoms with Crippen molar-refractivity contribution in [2.45, 2.75) is 70.0 Å². The molecule has 1 aliphatic carbocycles. The Balaban J connectivity index is 1.44. The van der Waals surface area contributed by atoms with E-state index in [1.807, 2.05) is 0 Å². The fourth-order valence-electron chi connectivity index (χ4n) is 4.00. The summed E-state index contributed by atoms with van der Waals surface area (Å²) in [7, 11) is 0. The Hall–Kier alpha value is -0.120. The van der Waals surface area contributed by atoms with E-state index in [4.69, 9.17) is 4.74 Å². The molecule has 2 saturated heterocycles. The second kappa shape index (κ2) is 6.55. The van der Waals surface area contributed by atoms with Crippen LogP contribution in [0.4, 0.5) is 0 Å². The summed E-state index contributed by atoms with van der Waals surface area (Å²) in [5.41, 5.74) is 0. The first kappa shape index (κ1) is 13.8. The van der Waals surface area contributed by atoms with Gasteiger partial charge in [0, 0.05) is 31.3 Å². The molecular formula is C16H30N2O. The van der Waals surface area contributed by atoms with Crippen LogP contribution in [-0.2, 0) is 4.74 Å². The third kappa shape index (κ3) is 3.71. The van der Waals surface area contributed by atoms with Crippen LogP contribution in [0.25, 0.3) is 0 Å². The van der Waals surface area contributed by atoms with E-state index in [2.05, 4.69) is 17.1 Å². The number of ether oxygens (including phenoxy) is 1. The van der Waals surface area contributed by atoms with Gasteiger partial charge in [-0.25, -0.2) is 0 Å². The molecule has 3 aliphatic rings. The highest BCUT2D eigenvalue weighted by Gasteiger charge is 2.37. The Morgan fingerprint density at radius 2 is 1.84 bits per heavy atom. The van der Waals surface area contributed by atoms with Gasteiger partial charge in [-0.2, -0.15) is 0 Å². The zero-order valence-electron chi connectivity index (χ0n) is 12.4. The van der Waals surface area contributed by atoms with E-state index in [1.54, 1.807) is 0 Å². The van der Waals surface area contributed by atoms with Crippen LogP contribution in [0.2, 0.25) is 0 Å². The van der Waals surface area contributed by atoms with Crippen LogP contribution in [0.5, 0.6) is 0 Å². The molecule has 3 heteroatoms. The number of hydrogen-bond acceptors (Lipinski definition) is 3. The second-order valence-electron chi connectivity index (χ2n) is 6.72. The van der Waals surface area contributed by atoms with Crippen LogP contribution >= 0.6 is 0 Å². The van der Waals surface area contributed by atoms with E-state index in [0.717, 1.165) is 43.8 Å². The molecule has 1 saturated carbocycles. The van der Waals surface area contributed by atoms with Gasteiger partial charge < -0.3 is 10.1 Å². The number of nitrogens with zero attached hydrogens (tertiary/aromatic N) is 1. The third-order valence-corrected chi connectivity index (χ3v) is 5.16. The molecule has 0 amide bonds. The molecule has 3 fully saturated rings. The molecule has 0 aromatic rings. The van der Waals surface area contributed by atoms with Gasteiger partial charge in [0.1, 0.15) is 0 Å². The molecule has 2 heterocycles. The summed E-state index contributed by atoms with van der Waals surface area (Å²) in [5, 5.41) is 3.67. The maximum atomic E-state index is 5.84. The summed E-state index contributed by atoms with van der Waals surface area (Å²) in [5.74, 6) is 0.902. The molecule has 110 valence electrons. The fraction of sp³-hybridized carbons (Fsp3) is 1.00. The molecule has 2 aliphatic heterocycles. The Labute approximate surface area is 118 Å². The van der Waals surface area contributed by atoms with Gasteiger partial charge in [-0.05, 0) is 51.0 Å². The molecule has 0 spiro atoms. The zero-order chi connectivity index (χ0) is 13.1. The molecule has 2 atom stereocenters. The molecule has 0 aromatic heterocycles. The SMILES string of the molecule is CCNC1CC2CCCC(C1)N2CCOCC1CC1. The fourth-order valence-corrected chi connectivity index (χ4v) is 4.00. The second-order valence-corrected chi connectivity index (χ2v) is 6.72. The minimum Gasteiger partial charge on any atom is -0.380 e. The van der Waals surface area contributed by atoms with Gasteiger partial charge in [-0.3, -0.25) is 4.90 Å². The lowest BCUT2D eigenvalue weighted by atomic mass is 9.82. The van der Waals surface area contributed by atoms with Crippen LogP contribution < -0.4 is 5.32 Å². The molecule has 19 heavy (non-hydrogen) atoms. The number of nitrogens with one attached hydrogen (secondary N) is 1. The van der Waals surface area contributed by atoms with Crippen molar-refractivity contribution in [3.8, 4) is 0 Å². The summed E-state index contributed by atoms with van der Waals surface area (Å²) < 4.78 is 5.84. The van der Waals surface area contributed by atoms with Crippen molar-refractivity contribution in [2.75, 3.05) is 26.3 Å². The van der Waals surface area contributed by atoms with Crippen molar-refractivity contribution in [1.82, 2.24) is 10.2 Å². The van der Waals surface area contributed by atoms with Crippen molar-refractivity contribution in [2.24, 2.45) is 5.92 Å². The Morgan fingerprint density at radius 3 is 2.47 bits per heavy atom. The lowest BCUT2D eigenvalue weighted by molar-refractivity contribution is -0.00164. The number of rotatable bonds is 7. The smallest absolute Gasteiger partial charge is 0.0593 e. The van der Waals surface area contributed by atoms with Crippen molar-refractivity contribution in [3.05, 3.63) is 0 Å².